The summed E-state index contributed by atoms with van der Waals surface area (Å²) in [5.41, 5.74) is 0.830. The zero-order chi connectivity index (χ0) is 14.7. The summed E-state index contributed by atoms with van der Waals surface area (Å²) in [6.07, 6.45) is 0. The topological polar surface area (TPSA) is 12.0 Å². The molecule has 1 N–H and O–H groups in total. The molecule has 2 rings (SSSR count). The first-order chi connectivity index (χ1) is 9.52. The molecule has 0 aliphatic rings. The van der Waals surface area contributed by atoms with Crippen LogP contribution in [0.3, 0.4) is 0 Å². The van der Waals surface area contributed by atoms with E-state index < -0.39 is 6.04 Å². The van der Waals surface area contributed by atoms with Gasteiger partial charge < -0.3 is 5.32 Å². The van der Waals surface area contributed by atoms with E-state index in [0.29, 0.717) is 17.7 Å². The molecule has 0 spiro atoms. The predicted octanol–water partition coefficient (Wildman–Crippen LogP) is 5.19. The maximum atomic E-state index is 14.1. The summed E-state index contributed by atoms with van der Waals surface area (Å²) >= 11 is 6.65. The Morgan fingerprint density at radius 3 is 1.80 bits per heavy atom. The number of nitrogens with one attached hydrogen (secondary N) is 1. The Labute approximate surface area is 133 Å². The fraction of sp³-hybridized carbons (Fsp3) is 0.200. The maximum Gasteiger partial charge on any atom is 0.128 e. The van der Waals surface area contributed by atoms with Gasteiger partial charge in [0.2, 0.25) is 0 Å². The third-order valence-corrected chi connectivity index (χ3v) is 3.93. The van der Waals surface area contributed by atoms with E-state index in [1.807, 2.05) is 6.92 Å². The van der Waals surface area contributed by atoms with Gasteiger partial charge in [-0.3, -0.25) is 0 Å². The highest BCUT2D eigenvalue weighted by molar-refractivity contribution is 9.10. The Kier molecular flexibility index (Phi) is 5.29. The fourth-order valence-electron chi connectivity index (χ4n) is 2.06. The summed E-state index contributed by atoms with van der Waals surface area (Å²) in [5.74, 6) is -0.725. The molecule has 2 aromatic carbocycles. The van der Waals surface area contributed by atoms with Crippen LogP contribution in [0.25, 0.3) is 0 Å². The van der Waals surface area contributed by atoms with E-state index in [1.165, 1.54) is 12.1 Å². The van der Waals surface area contributed by atoms with Crippen molar-refractivity contribution in [3.05, 3.63) is 68.1 Å². The van der Waals surface area contributed by atoms with Crippen LogP contribution in [0.1, 0.15) is 24.1 Å². The van der Waals surface area contributed by atoms with Gasteiger partial charge in [0.05, 0.1) is 6.04 Å². The third kappa shape index (κ3) is 3.45. The quantitative estimate of drug-likeness (QED) is 0.739. The summed E-state index contributed by atoms with van der Waals surface area (Å²) in [5, 5.41) is 3.13. The zero-order valence-corrected chi connectivity index (χ0v) is 13.9. The summed E-state index contributed by atoms with van der Waals surface area (Å²) in [7, 11) is 0. The van der Waals surface area contributed by atoms with Crippen LogP contribution >= 0.6 is 31.9 Å². The highest BCUT2D eigenvalue weighted by Crippen LogP contribution is 2.30. The van der Waals surface area contributed by atoms with E-state index in [-0.39, 0.29) is 11.6 Å². The molecule has 2 aromatic rings. The molecule has 0 aromatic heterocycles. The van der Waals surface area contributed by atoms with Crippen LogP contribution in [0.4, 0.5) is 8.78 Å². The van der Waals surface area contributed by atoms with Crippen molar-refractivity contribution in [3.63, 3.8) is 0 Å². The minimum Gasteiger partial charge on any atom is -0.306 e. The molecule has 0 saturated heterocycles. The van der Waals surface area contributed by atoms with Crippen molar-refractivity contribution in [3.8, 4) is 0 Å². The normalized spacial score (nSPS) is 11.1. The highest BCUT2D eigenvalue weighted by atomic mass is 79.9. The number of hydrogen-bond acceptors (Lipinski definition) is 1. The molecular weight excluding hydrogens is 392 g/mol. The predicted molar refractivity (Wildman–Crippen MR) is 83.7 cm³/mol. The number of benzene rings is 2. The minimum absolute atomic E-state index is 0.362. The average molecular weight is 405 g/mol. The van der Waals surface area contributed by atoms with Gasteiger partial charge in [0.1, 0.15) is 11.6 Å². The summed E-state index contributed by atoms with van der Waals surface area (Å²) < 4.78 is 29.6. The van der Waals surface area contributed by atoms with Crippen molar-refractivity contribution in [2.75, 3.05) is 6.54 Å². The Bertz CT molecular complexity index is 565. The molecule has 1 nitrogen and oxygen atoms in total. The molecule has 0 bridgehead atoms. The van der Waals surface area contributed by atoms with E-state index in [0.717, 1.165) is 8.95 Å². The second-order valence-electron chi connectivity index (χ2n) is 4.32. The van der Waals surface area contributed by atoms with Gasteiger partial charge in [0, 0.05) is 20.1 Å². The van der Waals surface area contributed by atoms with Gasteiger partial charge in [0.15, 0.2) is 0 Å². The van der Waals surface area contributed by atoms with Crippen LogP contribution in [-0.2, 0) is 0 Å². The fourth-order valence-corrected chi connectivity index (χ4v) is 2.82. The third-order valence-electron chi connectivity index (χ3n) is 2.95. The first kappa shape index (κ1) is 15.6. The van der Waals surface area contributed by atoms with Gasteiger partial charge in [-0.25, -0.2) is 8.78 Å². The molecule has 5 heteroatoms. The van der Waals surface area contributed by atoms with E-state index in [9.17, 15) is 8.78 Å². The molecule has 0 saturated carbocycles. The summed E-state index contributed by atoms with van der Waals surface area (Å²) in [6, 6.07) is 8.80. The number of halogens is 4. The maximum absolute atomic E-state index is 14.1. The van der Waals surface area contributed by atoms with E-state index >= 15 is 0 Å². The standard InChI is InChI=1S/C15H13Br2F2N/c1-2-20-15(11-7-9(16)3-5-13(11)18)12-8-10(17)4-6-14(12)19/h3-8,15,20H,2H2,1H3. The lowest BCUT2D eigenvalue weighted by Crippen LogP contribution is -2.24. The van der Waals surface area contributed by atoms with Crippen LogP contribution in [0, 0.1) is 11.6 Å². The number of rotatable bonds is 4. The second kappa shape index (κ2) is 6.78. The van der Waals surface area contributed by atoms with Crippen LogP contribution in [0.15, 0.2) is 45.3 Å². The van der Waals surface area contributed by atoms with Gasteiger partial charge in [-0.05, 0) is 42.9 Å². The lowest BCUT2D eigenvalue weighted by atomic mass is 9.97. The Hall–Kier alpha value is -0.780. The first-order valence-corrected chi connectivity index (χ1v) is 7.74. The van der Waals surface area contributed by atoms with Gasteiger partial charge in [-0.2, -0.15) is 0 Å². The lowest BCUT2D eigenvalue weighted by Gasteiger charge is -2.20. The molecule has 0 unspecified atom stereocenters. The van der Waals surface area contributed by atoms with Crippen molar-refractivity contribution in [1.82, 2.24) is 5.32 Å². The monoisotopic (exact) mass is 403 g/mol. The largest absolute Gasteiger partial charge is 0.306 e. The second-order valence-corrected chi connectivity index (χ2v) is 6.15. The van der Waals surface area contributed by atoms with Gasteiger partial charge >= 0.3 is 0 Å². The highest BCUT2D eigenvalue weighted by Gasteiger charge is 2.20. The molecule has 0 fully saturated rings. The van der Waals surface area contributed by atoms with E-state index in [1.54, 1.807) is 24.3 Å². The van der Waals surface area contributed by atoms with E-state index in [4.69, 9.17) is 0 Å². The van der Waals surface area contributed by atoms with Crippen LogP contribution in [0.5, 0.6) is 0 Å². The summed E-state index contributed by atoms with van der Waals surface area (Å²) in [6.45, 7) is 2.50. The van der Waals surface area contributed by atoms with Crippen LogP contribution in [0.2, 0.25) is 0 Å². The molecule has 0 radical (unpaired) electrons. The number of hydrogen-bond donors (Lipinski definition) is 1. The van der Waals surface area contributed by atoms with Gasteiger partial charge in [-0.15, -0.1) is 0 Å². The molecule has 0 atom stereocenters. The molecule has 0 aliphatic carbocycles. The van der Waals surface area contributed by atoms with Crippen LogP contribution < -0.4 is 5.32 Å². The minimum atomic E-state index is -0.532. The lowest BCUT2D eigenvalue weighted by molar-refractivity contribution is 0.530. The molecular formula is C15H13Br2F2N. The molecule has 106 valence electrons. The average Bonchev–Trinajstić information content (AvgIpc) is 2.42. The van der Waals surface area contributed by atoms with Gasteiger partial charge in [-0.1, -0.05) is 38.8 Å². The Morgan fingerprint density at radius 1 is 0.950 bits per heavy atom. The molecule has 0 heterocycles. The zero-order valence-electron chi connectivity index (χ0n) is 10.8. The van der Waals surface area contributed by atoms with Crippen molar-refractivity contribution in [2.24, 2.45) is 0 Å². The SMILES string of the molecule is CCNC(c1cc(Br)ccc1F)c1cc(Br)ccc1F. The van der Waals surface area contributed by atoms with E-state index in [2.05, 4.69) is 37.2 Å². The molecule has 0 aliphatic heterocycles. The van der Waals surface area contributed by atoms with Crippen LogP contribution in [-0.4, -0.2) is 6.54 Å². The summed E-state index contributed by atoms with van der Waals surface area (Å²) in [4.78, 5) is 0. The first-order valence-electron chi connectivity index (χ1n) is 6.16. The Balaban J connectivity index is 2.55. The Morgan fingerprint density at radius 2 is 1.40 bits per heavy atom. The van der Waals surface area contributed by atoms with Crippen molar-refractivity contribution < 1.29 is 8.78 Å². The van der Waals surface area contributed by atoms with Crippen molar-refractivity contribution in [2.45, 2.75) is 13.0 Å². The molecule has 20 heavy (non-hydrogen) atoms. The smallest absolute Gasteiger partial charge is 0.128 e. The van der Waals surface area contributed by atoms with Crippen molar-refractivity contribution >= 4 is 31.9 Å². The molecule has 0 amide bonds. The van der Waals surface area contributed by atoms with Gasteiger partial charge in [0.25, 0.3) is 0 Å². The van der Waals surface area contributed by atoms with Crippen molar-refractivity contribution in [1.29, 1.82) is 0 Å².